The van der Waals surface area contributed by atoms with Crippen LogP contribution in [0.2, 0.25) is 0 Å². The van der Waals surface area contributed by atoms with Crippen LogP contribution in [0.3, 0.4) is 0 Å². The number of phenols is 1. The van der Waals surface area contributed by atoms with Crippen molar-refractivity contribution in [1.29, 1.82) is 0 Å². The summed E-state index contributed by atoms with van der Waals surface area (Å²) in [5.41, 5.74) is 3.57. The van der Waals surface area contributed by atoms with E-state index >= 15 is 0 Å². The molecule has 0 aliphatic rings. The first-order valence-electron chi connectivity index (χ1n) is 15.5. The highest BCUT2D eigenvalue weighted by Gasteiger charge is 2.27. The molecule has 4 aromatic carbocycles. The molecule has 6 nitrogen and oxygen atoms in total. The van der Waals surface area contributed by atoms with Crippen molar-refractivity contribution in [3.63, 3.8) is 0 Å². The molecule has 1 unspecified atom stereocenters. The molecular formula is C39H48O6. The molecule has 2 N–H and O–H groups in total. The van der Waals surface area contributed by atoms with Gasteiger partial charge in [-0.1, -0.05) is 76.2 Å². The fraction of sp³-hybridized carbons (Fsp3) is 0.385. The standard InChI is InChI=1S/C39H48O6/c1-37(2,26-33(41)27-44-35-20-12-30(13-21-35)38(3,4)28-8-16-32(40)17-9-28)45-36-22-14-31(15-23-36)39(5,6)29-10-18-34(19-11-29)43-25-24-42-7/h8-23,33,40-41H,24-27H2,1-7H3. The van der Waals surface area contributed by atoms with Crippen molar-refractivity contribution in [3.05, 3.63) is 119 Å². The summed E-state index contributed by atoms with van der Waals surface area (Å²) in [6, 6.07) is 31.6. The lowest BCUT2D eigenvalue weighted by atomic mass is 9.78. The van der Waals surface area contributed by atoms with Crippen LogP contribution < -0.4 is 14.2 Å². The first kappa shape index (κ1) is 33.9. The van der Waals surface area contributed by atoms with E-state index < -0.39 is 11.7 Å². The summed E-state index contributed by atoms with van der Waals surface area (Å²) >= 11 is 0. The molecule has 45 heavy (non-hydrogen) atoms. The van der Waals surface area contributed by atoms with Gasteiger partial charge in [-0.3, -0.25) is 0 Å². The summed E-state index contributed by atoms with van der Waals surface area (Å²) in [5, 5.41) is 20.4. The zero-order valence-corrected chi connectivity index (χ0v) is 27.7. The van der Waals surface area contributed by atoms with E-state index in [4.69, 9.17) is 18.9 Å². The van der Waals surface area contributed by atoms with E-state index in [1.54, 1.807) is 19.2 Å². The first-order valence-corrected chi connectivity index (χ1v) is 15.5. The second kappa shape index (κ2) is 14.4. The molecule has 0 saturated carbocycles. The SMILES string of the molecule is COCCOc1ccc(C(C)(C)c2ccc(OC(C)(C)CC(O)COc3ccc(C(C)(C)c4ccc(O)cc4)cc3)cc2)cc1. The van der Waals surface area contributed by atoms with Gasteiger partial charge < -0.3 is 29.2 Å². The molecule has 6 heteroatoms. The molecule has 0 amide bonds. The number of benzene rings is 4. The van der Waals surface area contributed by atoms with Crippen molar-refractivity contribution >= 4 is 0 Å². The quantitative estimate of drug-likeness (QED) is 0.132. The topological polar surface area (TPSA) is 77.4 Å². The van der Waals surface area contributed by atoms with Crippen molar-refractivity contribution in [2.24, 2.45) is 0 Å². The highest BCUT2D eigenvalue weighted by atomic mass is 16.5. The molecule has 0 fully saturated rings. The van der Waals surface area contributed by atoms with Gasteiger partial charge in [-0.15, -0.1) is 0 Å². The Morgan fingerprint density at radius 3 is 1.40 bits per heavy atom. The minimum absolute atomic E-state index is 0.164. The zero-order valence-electron chi connectivity index (χ0n) is 27.7. The maximum absolute atomic E-state index is 10.8. The van der Waals surface area contributed by atoms with Crippen molar-refractivity contribution in [2.45, 2.75) is 70.5 Å². The summed E-state index contributed by atoms with van der Waals surface area (Å²) < 4.78 is 23.0. The molecule has 240 valence electrons. The van der Waals surface area contributed by atoms with Crippen LogP contribution in [0.25, 0.3) is 0 Å². The lowest BCUT2D eigenvalue weighted by molar-refractivity contribution is 0.0175. The van der Waals surface area contributed by atoms with Crippen molar-refractivity contribution in [3.8, 4) is 23.0 Å². The Balaban J connectivity index is 1.29. The molecule has 0 saturated heterocycles. The smallest absolute Gasteiger partial charge is 0.120 e. The summed E-state index contributed by atoms with van der Waals surface area (Å²) in [4.78, 5) is 0. The van der Waals surface area contributed by atoms with Gasteiger partial charge in [-0.05, 0) is 84.6 Å². The molecule has 0 aliphatic carbocycles. The number of aromatic hydroxyl groups is 1. The molecule has 0 radical (unpaired) electrons. The average Bonchev–Trinajstić information content (AvgIpc) is 3.01. The second-order valence-electron chi connectivity index (χ2n) is 13.2. The Morgan fingerprint density at radius 2 is 0.956 bits per heavy atom. The molecule has 0 bridgehead atoms. The number of aliphatic hydroxyl groups excluding tert-OH is 1. The zero-order chi connectivity index (χ0) is 32.7. The molecule has 4 aromatic rings. The Hall–Kier alpha value is -4.00. The normalized spacial score (nSPS) is 12.9. The van der Waals surface area contributed by atoms with Crippen molar-refractivity contribution < 1.29 is 29.2 Å². The van der Waals surface area contributed by atoms with Gasteiger partial charge in [-0.2, -0.15) is 0 Å². The molecule has 0 aromatic heterocycles. The van der Waals surface area contributed by atoms with Crippen LogP contribution in [-0.4, -0.2) is 48.8 Å². The van der Waals surface area contributed by atoms with Gasteiger partial charge in [-0.25, -0.2) is 0 Å². The summed E-state index contributed by atoms with van der Waals surface area (Å²) in [6.07, 6.45) is -0.293. The Bertz CT molecular complexity index is 1470. The molecule has 0 spiro atoms. The van der Waals surface area contributed by atoms with E-state index in [1.807, 2.05) is 74.5 Å². The van der Waals surface area contributed by atoms with Crippen molar-refractivity contribution in [1.82, 2.24) is 0 Å². The van der Waals surface area contributed by atoms with E-state index in [9.17, 15) is 10.2 Å². The van der Waals surface area contributed by atoms with E-state index in [2.05, 4.69) is 52.0 Å². The predicted octanol–water partition coefficient (Wildman–Crippen LogP) is 8.06. The second-order valence-corrected chi connectivity index (χ2v) is 13.2. The van der Waals surface area contributed by atoms with Gasteiger partial charge in [0.25, 0.3) is 0 Å². The lowest BCUT2D eigenvalue weighted by Crippen LogP contribution is -2.35. The molecule has 1 atom stereocenters. The van der Waals surface area contributed by atoms with Crippen LogP contribution >= 0.6 is 0 Å². The average molecular weight is 613 g/mol. The fourth-order valence-corrected chi connectivity index (χ4v) is 5.51. The monoisotopic (exact) mass is 612 g/mol. The number of rotatable bonds is 15. The third-order valence-electron chi connectivity index (χ3n) is 8.44. The highest BCUT2D eigenvalue weighted by Crippen LogP contribution is 2.35. The van der Waals surface area contributed by atoms with Gasteiger partial charge >= 0.3 is 0 Å². The summed E-state index contributed by atoms with van der Waals surface area (Å²) in [5.74, 6) is 2.53. The maximum Gasteiger partial charge on any atom is 0.120 e. The lowest BCUT2D eigenvalue weighted by Gasteiger charge is -2.30. The molecule has 0 heterocycles. The minimum Gasteiger partial charge on any atom is -0.508 e. The first-order chi connectivity index (χ1) is 21.3. The number of ether oxygens (including phenoxy) is 4. The predicted molar refractivity (Wildman–Crippen MR) is 180 cm³/mol. The van der Waals surface area contributed by atoms with Crippen LogP contribution in [0.5, 0.6) is 23.0 Å². The van der Waals surface area contributed by atoms with E-state index in [1.165, 1.54) is 11.1 Å². The van der Waals surface area contributed by atoms with Crippen LogP contribution in [-0.2, 0) is 15.6 Å². The third kappa shape index (κ3) is 9.03. The largest absolute Gasteiger partial charge is 0.508 e. The third-order valence-corrected chi connectivity index (χ3v) is 8.44. The Kier molecular flexibility index (Phi) is 10.8. The maximum atomic E-state index is 10.8. The highest BCUT2D eigenvalue weighted by molar-refractivity contribution is 5.43. The van der Waals surface area contributed by atoms with E-state index in [-0.39, 0.29) is 23.2 Å². The van der Waals surface area contributed by atoms with E-state index in [0.29, 0.717) is 25.4 Å². The van der Waals surface area contributed by atoms with Crippen molar-refractivity contribution in [2.75, 3.05) is 26.9 Å². The molecule has 4 rings (SSSR count). The van der Waals surface area contributed by atoms with Gasteiger partial charge in [0.15, 0.2) is 0 Å². The Morgan fingerprint density at radius 1 is 0.556 bits per heavy atom. The summed E-state index contributed by atoms with van der Waals surface area (Å²) in [6.45, 7) is 13.9. The van der Waals surface area contributed by atoms with Crippen LogP contribution in [0, 0.1) is 0 Å². The number of methoxy groups -OCH3 is 1. The Labute approximate surface area is 268 Å². The van der Waals surface area contributed by atoms with Gasteiger partial charge in [0.1, 0.15) is 41.8 Å². The van der Waals surface area contributed by atoms with Crippen LogP contribution in [0.15, 0.2) is 97.1 Å². The number of aliphatic hydroxyl groups is 1. The van der Waals surface area contributed by atoms with Gasteiger partial charge in [0, 0.05) is 24.4 Å². The fourth-order valence-electron chi connectivity index (χ4n) is 5.51. The summed E-state index contributed by atoms with van der Waals surface area (Å²) in [7, 11) is 1.66. The van der Waals surface area contributed by atoms with Gasteiger partial charge in [0.05, 0.1) is 12.7 Å². The van der Waals surface area contributed by atoms with Gasteiger partial charge in [0.2, 0.25) is 0 Å². The van der Waals surface area contributed by atoms with Crippen LogP contribution in [0.1, 0.15) is 70.2 Å². The van der Waals surface area contributed by atoms with Crippen LogP contribution in [0.4, 0.5) is 0 Å². The number of phenolic OH excluding ortho intramolecular Hbond substituents is 1. The number of hydrogen-bond acceptors (Lipinski definition) is 6. The molecule has 0 aliphatic heterocycles. The minimum atomic E-state index is -0.701. The van der Waals surface area contributed by atoms with E-state index in [0.717, 1.165) is 22.6 Å². The molecular weight excluding hydrogens is 564 g/mol. The number of hydrogen-bond donors (Lipinski definition) is 2.